The standard InChI is InChI=1S/C15H22N4O3/c1-4-11(2)19-13(7-8-17-19)18-14(20)16-10-15(3,21)12-6-5-9-22-12/h5-9,11,21H,4,10H2,1-3H3,(H2,16,18,20). The molecule has 0 aliphatic heterocycles. The third kappa shape index (κ3) is 3.67. The Morgan fingerprint density at radius 1 is 1.55 bits per heavy atom. The van der Waals surface area contributed by atoms with Gasteiger partial charge in [0.25, 0.3) is 0 Å². The number of anilines is 1. The first-order valence-corrected chi connectivity index (χ1v) is 7.28. The number of nitrogens with zero attached hydrogens (tertiary/aromatic N) is 2. The van der Waals surface area contributed by atoms with Crippen LogP contribution in [0.5, 0.6) is 0 Å². The summed E-state index contributed by atoms with van der Waals surface area (Å²) in [5.41, 5.74) is -1.27. The van der Waals surface area contributed by atoms with Gasteiger partial charge in [0.05, 0.1) is 25.0 Å². The highest BCUT2D eigenvalue weighted by Crippen LogP contribution is 2.20. The van der Waals surface area contributed by atoms with Crippen LogP contribution in [0.3, 0.4) is 0 Å². The zero-order chi connectivity index (χ0) is 16.2. The monoisotopic (exact) mass is 306 g/mol. The van der Waals surface area contributed by atoms with Crippen LogP contribution in [0, 0.1) is 0 Å². The number of aliphatic hydroxyl groups is 1. The lowest BCUT2D eigenvalue weighted by Gasteiger charge is -2.21. The zero-order valence-electron chi connectivity index (χ0n) is 13.0. The van der Waals surface area contributed by atoms with E-state index in [0.717, 1.165) is 6.42 Å². The number of hydrogen-bond acceptors (Lipinski definition) is 4. The van der Waals surface area contributed by atoms with Crippen LogP contribution in [-0.4, -0.2) is 27.5 Å². The predicted octanol–water partition coefficient (Wildman–Crippen LogP) is 2.48. The number of urea groups is 1. The quantitative estimate of drug-likeness (QED) is 0.764. The molecule has 0 aliphatic carbocycles. The van der Waals surface area contributed by atoms with E-state index in [-0.39, 0.29) is 12.6 Å². The van der Waals surface area contributed by atoms with Crippen LogP contribution in [0.4, 0.5) is 10.6 Å². The molecular formula is C15H22N4O3. The average Bonchev–Trinajstić information content (AvgIpc) is 3.16. The summed E-state index contributed by atoms with van der Waals surface area (Å²) in [6, 6.07) is 4.87. The van der Waals surface area contributed by atoms with Crippen LogP contribution in [0.1, 0.15) is 39.0 Å². The maximum Gasteiger partial charge on any atom is 0.320 e. The Bertz CT molecular complexity index is 604. The van der Waals surface area contributed by atoms with Gasteiger partial charge in [-0.15, -0.1) is 0 Å². The van der Waals surface area contributed by atoms with E-state index >= 15 is 0 Å². The highest BCUT2D eigenvalue weighted by Gasteiger charge is 2.26. The van der Waals surface area contributed by atoms with Gasteiger partial charge in [0.2, 0.25) is 0 Å². The number of amides is 2. The van der Waals surface area contributed by atoms with E-state index in [1.807, 2.05) is 6.92 Å². The molecule has 0 saturated carbocycles. The summed E-state index contributed by atoms with van der Waals surface area (Å²) in [5, 5.41) is 19.8. The number of rotatable bonds is 6. The molecule has 0 aliphatic rings. The van der Waals surface area contributed by atoms with Crippen molar-refractivity contribution in [1.82, 2.24) is 15.1 Å². The third-order valence-corrected chi connectivity index (χ3v) is 3.57. The Labute approximate surface area is 129 Å². The molecule has 2 heterocycles. The summed E-state index contributed by atoms with van der Waals surface area (Å²) < 4.78 is 6.92. The second kappa shape index (κ2) is 6.65. The van der Waals surface area contributed by atoms with E-state index in [0.29, 0.717) is 11.6 Å². The smallest absolute Gasteiger partial charge is 0.320 e. The van der Waals surface area contributed by atoms with Crippen molar-refractivity contribution in [3.8, 4) is 0 Å². The third-order valence-electron chi connectivity index (χ3n) is 3.57. The first-order chi connectivity index (χ1) is 10.4. The van der Waals surface area contributed by atoms with Gasteiger partial charge in [0.1, 0.15) is 17.2 Å². The molecule has 0 aromatic carbocycles. The zero-order valence-corrected chi connectivity index (χ0v) is 13.0. The number of aromatic nitrogens is 2. The van der Waals surface area contributed by atoms with Crippen LogP contribution in [0.25, 0.3) is 0 Å². The Morgan fingerprint density at radius 2 is 2.32 bits per heavy atom. The van der Waals surface area contributed by atoms with Gasteiger partial charge in [0.15, 0.2) is 0 Å². The molecule has 7 heteroatoms. The Morgan fingerprint density at radius 3 is 2.95 bits per heavy atom. The molecule has 120 valence electrons. The minimum Gasteiger partial charge on any atom is -0.466 e. The fourth-order valence-corrected chi connectivity index (χ4v) is 2.02. The maximum atomic E-state index is 12.0. The van der Waals surface area contributed by atoms with Gasteiger partial charge in [-0.1, -0.05) is 6.92 Å². The molecule has 0 spiro atoms. The van der Waals surface area contributed by atoms with E-state index in [1.165, 1.54) is 6.26 Å². The summed E-state index contributed by atoms with van der Waals surface area (Å²) in [4.78, 5) is 12.0. The number of furan rings is 1. The van der Waals surface area contributed by atoms with E-state index < -0.39 is 11.6 Å². The van der Waals surface area contributed by atoms with Crippen LogP contribution in [-0.2, 0) is 5.60 Å². The Kier molecular flexibility index (Phi) is 4.87. The van der Waals surface area contributed by atoms with Gasteiger partial charge in [0, 0.05) is 6.07 Å². The first-order valence-electron chi connectivity index (χ1n) is 7.28. The van der Waals surface area contributed by atoms with Gasteiger partial charge in [-0.25, -0.2) is 9.48 Å². The topological polar surface area (TPSA) is 92.3 Å². The number of hydrogen-bond donors (Lipinski definition) is 3. The number of carbonyl (C=O) groups excluding carboxylic acids is 1. The maximum absolute atomic E-state index is 12.0. The fraction of sp³-hybridized carbons (Fsp3) is 0.467. The van der Waals surface area contributed by atoms with Crippen LogP contribution in [0.15, 0.2) is 35.1 Å². The summed E-state index contributed by atoms with van der Waals surface area (Å²) in [6.45, 7) is 5.69. The summed E-state index contributed by atoms with van der Waals surface area (Å²) in [6.07, 6.45) is 4.03. The first kappa shape index (κ1) is 16.1. The van der Waals surface area contributed by atoms with Crippen molar-refractivity contribution in [3.05, 3.63) is 36.4 Å². The van der Waals surface area contributed by atoms with Gasteiger partial charge in [-0.2, -0.15) is 5.10 Å². The van der Waals surface area contributed by atoms with E-state index in [1.54, 1.807) is 36.0 Å². The average molecular weight is 306 g/mol. The molecule has 0 fully saturated rings. The second-order valence-corrected chi connectivity index (χ2v) is 5.48. The molecule has 0 bridgehead atoms. The van der Waals surface area contributed by atoms with Crippen molar-refractivity contribution in [2.45, 2.75) is 38.8 Å². The van der Waals surface area contributed by atoms with Crippen LogP contribution < -0.4 is 10.6 Å². The molecule has 0 saturated heterocycles. The normalized spacial score (nSPS) is 15.1. The molecule has 2 unspecified atom stereocenters. The van der Waals surface area contributed by atoms with Crippen molar-refractivity contribution in [3.63, 3.8) is 0 Å². The fourth-order valence-electron chi connectivity index (χ4n) is 2.02. The van der Waals surface area contributed by atoms with Gasteiger partial charge >= 0.3 is 6.03 Å². The molecular weight excluding hydrogens is 284 g/mol. The molecule has 3 N–H and O–H groups in total. The molecule has 22 heavy (non-hydrogen) atoms. The number of nitrogens with one attached hydrogen (secondary N) is 2. The van der Waals surface area contributed by atoms with Crippen molar-refractivity contribution in [2.24, 2.45) is 0 Å². The molecule has 2 rings (SSSR count). The van der Waals surface area contributed by atoms with Crippen molar-refractivity contribution < 1.29 is 14.3 Å². The van der Waals surface area contributed by atoms with Gasteiger partial charge in [-0.05, 0) is 32.4 Å². The lowest BCUT2D eigenvalue weighted by molar-refractivity contribution is 0.0372. The molecule has 2 aromatic heterocycles. The Hall–Kier alpha value is -2.28. The van der Waals surface area contributed by atoms with Crippen molar-refractivity contribution in [2.75, 3.05) is 11.9 Å². The highest BCUT2D eigenvalue weighted by molar-refractivity contribution is 5.88. The Balaban J connectivity index is 1.93. The molecule has 2 aromatic rings. The molecule has 2 atom stereocenters. The summed E-state index contributed by atoms with van der Waals surface area (Å²) >= 11 is 0. The van der Waals surface area contributed by atoms with E-state index in [2.05, 4.69) is 22.7 Å². The highest BCUT2D eigenvalue weighted by atomic mass is 16.4. The minimum atomic E-state index is -1.27. The van der Waals surface area contributed by atoms with E-state index in [9.17, 15) is 9.90 Å². The lowest BCUT2D eigenvalue weighted by atomic mass is 10.0. The number of carbonyl (C=O) groups is 1. The van der Waals surface area contributed by atoms with Gasteiger partial charge < -0.3 is 14.8 Å². The molecule has 7 nitrogen and oxygen atoms in total. The second-order valence-electron chi connectivity index (χ2n) is 5.48. The summed E-state index contributed by atoms with van der Waals surface area (Å²) in [5.74, 6) is 1.02. The van der Waals surface area contributed by atoms with E-state index in [4.69, 9.17) is 4.42 Å². The van der Waals surface area contributed by atoms with Crippen molar-refractivity contribution in [1.29, 1.82) is 0 Å². The predicted molar refractivity (Wildman–Crippen MR) is 82.5 cm³/mol. The minimum absolute atomic E-state index is 0.0316. The molecule has 2 amide bonds. The SMILES string of the molecule is CCC(C)n1nccc1NC(=O)NCC(C)(O)c1ccco1. The molecule has 0 radical (unpaired) electrons. The van der Waals surface area contributed by atoms with Crippen LogP contribution >= 0.6 is 0 Å². The van der Waals surface area contributed by atoms with Crippen molar-refractivity contribution >= 4 is 11.8 Å². The summed E-state index contributed by atoms with van der Waals surface area (Å²) in [7, 11) is 0. The van der Waals surface area contributed by atoms with Crippen LogP contribution in [0.2, 0.25) is 0 Å². The lowest BCUT2D eigenvalue weighted by Crippen LogP contribution is -2.40. The largest absolute Gasteiger partial charge is 0.466 e. The van der Waals surface area contributed by atoms with Gasteiger partial charge in [-0.3, -0.25) is 5.32 Å².